The first-order chi connectivity index (χ1) is 35.8. The molecule has 13 aromatic rings. The maximum absolute atomic E-state index is 5.37. The van der Waals surface area contributed by atoms with E-state index in [-0.39, 0.29) is 0 Å². The molecule has 0 radical (unpaired) electrons. The molecule has 346 valence electrons. The lowest BCUT2D eigenvalue weighted by molar-refractivity contribution is 1.11. The highest BCUT2D eigenvalue weighted by atomic mass is 15.0. The minimum atomic E-state index is 0.971. The molecule has 0 N–H and O–H groups in total. The van der Waals surface area contributed by atoms with Crippen molar-refractivity contribution in [3.8, 4) is 61.3 Å². The molecule has 0 saturated carbocycles. The molecule has 73 heavy (non-hydrogen) atoms. The summed E-state index contributed by atoms with van der Waals surface area (Å²) in [6, 6.07) is 84.4. The summed E-state index contributed by atoms with van der Waals surface area (Å²) in [6.45, 7) is 13.7. The van der Waals surface area contributed by atoms with E-state index in [0.29, 0.717) is 0 Å². The van der Waals surface area contributed by atoms with Gasteiger partial charge in [-0.1, -0.05) is 207 Å². The van der Waals surface area contributed by atoms with Gasteiger partial charge in [-0.25, -0.2) is 0 Å². The van der Waals surface area contributed by atoms with Gasteiger partial charge in [0.05, 0.1) is 11.0 Å². The van der Waals surface area contributed by atoms with Crippen molar-refractivity contribution in [3.05, 3.63) is 271 Å². The Kier molecular flexibility index (Phi) is 10.6. The highest BCUT2D eigenvalue weighted by molar-refractivity contribution is 6.23. The molecule has 0 atom stereocenters. The van der Waals surface area contributed by atoms with Crippen LogP contribution in [0.15, 0.2) is 237 Å². The lowest BCUT2D eigenvalue weighted by atomic mass is 9.84. The average molecular weight is 933 g/mol. The number of para-hydroxylation sites is 2. The number of fused-ring (bicyclic) bond motifs is 6. The molecular formula is C71H52N2. The van der Waals surface area contributed by atoms with Gasteiger partial charge < -0.3 is 4.57 Å². The summed E-state index contributed by atoms with van der Waals surface area (Å²) in [5, 5.41) is 9.94. The largest absolute Gasteiger partial charge is 0.309 e. The molecule has 2 nitrogen and oxygen atoms in total. The average Bonchev–Trinajstić information content (AvgIpc) is 3.77. The molecule has 0 aliphatic heterocycles. The van der Waals surface area contributed by atoms with Crippen LogP contribution in [-0.4, -0.2) is 9.55 Å². The quantitative estimate of drug-likeness (QED) is 0.139. The van der Waals surface area contributed by atoms with Gasteiger partial charge in [0, 0.05) is 39.0 Å². The SMILES string of the molecule is C=C(c1cc(-c2c(C)nc(C)c(-c3ccc(-c4c5ccccc5c(-c5cccc6ccccc56)c5ccccc45)cc3)c2C)cc(-n2c3ccccc3c3ccccc32)c1)c1ccccc1-c1ccccc1C. The third-order valence-electron chi connectivity index (χ3n) is 15.3. The van der Waals surface area contributed by atoms with E-state index in [4.69, 9.17) is 11.6 Å². The fourth-order valence-corrected chi connectivity index (χ4v) is 12.1. The van der Waals surface area contributed by atoms with Crippen LogP contribution in [0.4, 0.5) is 0 Å². The molecule has 2 heterocycles. The molecule has 11 aromatic carbocycles. The molecule has 0 aliphatic carbocycles. The second-order valence-corrected chi connectivity index (χ2v) is 19.6. The number of pyridine rings is 1. The number of aromatic nitrogens is 2. The van der Waals surface area contributed by atoms with E-state index in [9.17, 15) is 0 Å². The van der Waals surface area contributed by atoms with Crippen molar-refractivity contribution < 1.29 is 0 Å². The monoisotopic (exact) mass is 932 g/mol. The molecule has 0 aliphatic rings. The van der Waals surface area contributed by atoms with Crippen LogP contribution in [-0.2, 0) is 0 Å². The maximum atomic E-state index is 5.37. The molecule has 0 bridgehead atoms. The van der Waals surface area contributed by atoms with Crippen molar-refractivity contribution in [1.82, 2.24) is 9.55 Å². The summed E-state index contributed by atoms with van der Waals surface area (Å²) in [4.78, 5) is 5.37. The van der Waals surface area contributed by atoms with Crippen LogP contribution in [0.25, 0.3) is 121 Å². The van der Waals surface area contributed by atoms with Crippen molar-refractivity contribution in [1.29, 1.82) is 0 Å². The first-order valence-corrected chi connectivity index (χ1v) is 25.3. The smallest absolute Gasteiger partial charge is 0.0541 e. The van der Waals surface area contributed by atoms with E-state index >= 15 is 0 Å². The summed E-state index contributed by atoms with van der Waals surface area (Å²) in [5.74, 6) is 0. The first-order valence-electron chi connectivity index (χ1n) is 25.3. The van der Waals surface area contributed by atoms with Gasteiger partial charge in [0.15, 0.2) is 0 Å². The van der Waals surface area contributed by atoms with Crippen molar-refractivity contribution in [2.45, 2.75) is 27.7 Å². The molecule has 0 fully saturated rings. The zero-order valence-corrected chi connectivity index (χ0v) is 41.5. The second-order valence-electron chi connectivity index (χ2n) is 19.6. The van der Waals surface area contributed by atoms with Gasteiger partial charge in [0.2, 0.25) is 0 Å². The zero-order valence-electron chi connectivity index (χ0n) is 41.5. The fraction of sp³-hybridized carbons (Fsp3) is 0.0563. The Morgan fingerprint density at radius 3 is 1.47 bits per heavy atom. The second kappa shape index (κ2) is 17.6. The molecule has 13 rings (SSSR count). The van der Waals surface area contributed by atoms with Gasteiger partial charge in [0.25, 0.3) is 0 Å². The van der Waals surface area contributed by atoms with Crippen LogP contribution in [0.2, 0.25) is 0 Å². The zero-order chi connectivity index (χ0) is 49.3. The third-order valence-corrected chi connectivity index (χ3v) is 15.3. The van der Waals surface area contributed by atoms with Crippen molar-refractivity contribution in [2.75, 3.05) is 0 Å². The van der Waals surface area contributed by atoms with E-state index in [0.717, 1.165) is 67.1 Å². The van der Waals surface area contributed by atoms with Crippen LogP contribution in [0.1, 0.15) is 33.6 Å². The lowest BCUT2D eigenvalue weighted by Crippen LogP contribution is -2.02. The molecule has 2 heteroatoms. The van der Waals surface area contributed by atoms with Gasteiger partial charge in [0.1, 0.15) is 0 Å². The summed E-state index contributed by atoms with van der Waals surface area (Å²) in [6.07, 6.45) is 0. The summed E-state index contributed by atoms with van der Waals surface area (Å²) in [5.41, 5.74) is 22.9. The highest BCUT2D eigenvalue weighted by Gasteiger charge is 2.23. The lowest BCUT2D eigenvalue weighted by Gasteiger charge is -2.21. The molecule has 2 aromatic heterocycles. The number of nitrogens with zero attached hydrogens (tertiary/aromatic N) is 2. The van der Waals surface area contributed by atoms with Crippen molar-refractivity contribution in [2.24, 2.45) is 0 Å². The Balaban J connectivity index is 0.980. The van der Waals surface area contributed by atoms with E-state index in [1.165, 1.54) is 87.6 Å². The van der Waals surface area contributed by atoms with Crippen LogP contribution < -0.4 is 0 Å². The summed E-state index contributed by atoms with van der Waals surface area (Å²) >= 11 is 0. The predicted octanol–water partition coefficient (Wildman–Crippen LogP) is 19.3. The predicted molar refractivity (Wildman–Crippen MR) is 312 cm³/mol. The third kappa shape index (κ3) is 7.21. The Labute approximate surface area is 426 Å². The molecular weight excluding hydrogens is 881 g/mol. The fourth-order valence-electron chi connectivity index (χ4n) is 12.1. The molecule has 0 amide bonds. The standard InChI is InChI=1S/C71H52N2/c1-44-21-6-8-24-55(44)58-27-11-10-25-56(58)45(2)52-41-53(43-54(42-52)73-66-35-18-16-28-59(66)60-29-17-19-36-67(60)73)69-46(3)68(47(4)72-48(69)5)50-37-39-51(40-38-50)70-62-30-12-14-32-64(62)71(65-33-15-13-31-63(65)70)61-34-20-23-49-22-7-9-26-57(49)61/h6-43H,2H2,1,3-5H3. The number of rotatable bonds is 8. The van der Waals surface area contributed by atoms with Gasteiger partial charge in [-0.15, -0.1) is 0 Å². The van der Waals surface area contributed by atoms with Crippen LogP contribution in [0.5, 0.6) is 0 Å². The molecule has 0 spiro atoms. The van der Waals surface area contributed by atoms with E-state index in [1.807, 2.05) is 0 Å². The molecule has 0 unspecified atom stereocenters. The van der Waals surface area contributed by atoms with Crippen molar-refractivity contribution in [3.63, 3.8) is 0 Å². The van der Waals surface area contributed by atoms with E-state index < -0.39 is 0 Å². The van der Waals surface area contributed by atoms with Crippen molar-refractivity contribution >= 4 is 59.7 Å². The Bertz CT molecular complexity index is 4260. The van der Waals surface area contributed by atoms with Gasteiger partial charge >= 0.3 is 0 Å². The van der Waals surface area contributed by atoms with Gasteiger partial charge in [-0.3, -0.25) is 4.98 Å². The number of hydrogen-bond donors (Lipinski definition) is 0. The van der Waals surface area contributed by atoms with Gasteiger partial charge in [-0.2, -0.15) is 0 Å². The normalized spacial score (nSPS) is 11.6. The van der Waals surface area contributed by atoms with E-state index in [1.54, 1.807) is 0 Å². The Hall–Kier alpha value is -9.11. The minimum absolute atomic E-state index is 0.971. The van der Waals surface area contributed by atoms with Crippen LogP contribution in [0, 0.1) is 27.7 Å². The topological polar surface area (TPSA) is 17.8 Å². The summed E-state index contributed by atoms with van der Waals surface area (Å²) in [7, 11) is 0. The minimum Gasteiger partial charge on any atom is -0.309 e. The Morgan fingerprint density at radius 1 is 0.370 bits per heavy atom. The van der Waals surface area contributed by atoms with E-state index in [2.05, 4.69) is 263 Å². The van der Waals surface area contributed by atoms with Gasteiger partial charge in [-0.05, 0) is 163 Å². The van der Waals surface area contributed by atoms with Crippen LogP contribution >= 0.6 is 0 Å². The maximum Gasteiger partial charge on any atom is 0.0541 e. The highest BCUT2D eigenvalue weighted by Crippen LogP contribution is 2.47. The first kappa shape index (κ1) is 43.9. The number of aryl methyl sites for hydroxylation is 3. The number of benzene rings is 11. The summed E-state index contributed by atoms with van der Waals surface area (Å²) < 4.78 is 2.42. The Morgan fingerprint density at radius 2 is 0.836 bits per heavy atom. The molecule has 0 saturated heterocycles. The van der Waals surface area contributed by atoms with Crippen LogP contribution in [0.3, 0.4) is 0 Å². The number of hydrogen-bond acceptors (Lipinski definition) is 1.